The normalized spacial score (nSPS) is 16.6. The van der Waals surface area contributed by atoms with Gasteiger partial charge in [0.25, 0.3) is 0 Å². The Morgan fingerprint density at radius 2 is 1.81 bits per heavy atom. The molecule has 0 amide bonds. The lowest BCUT2D eigenvalue weighted by Gasteiger charge is -2.47. The smallest absolute Gasteiger partial charge is 0.134 e. The van der Waals surface area contributed by atoms with Gasteiger partial charge in [0, 0.05) is 24.2 Å². The van der Waals surface area contributed by atoms with Crippen LogP contribution < -0.4 is 10.6 Å². The average Bonchev–Trinajstić information content (AvgIpc) is 2.43. The molecule has 1 aliphatic rings. The van der Waals surface area contributed by atoms with Gasteiger partial charge in [0.05, 0.1) is 0 Å². The SMILES string of the molecule is CCCNc1ncnc(NCC2(N(C)C)CCC2)c1CC. The van der Waals surface area contributed by atoms with Gasteiger partial charge in [-0.25, -0.2) is 9.97 Å². The molecular weight excluding hydrogens is 262 g/mol. The highest BCUT2D eigenvalue weighted by molar-refractivity contribution is 5.57. The van der Waals surface area contributed by atoms with Crippen molar-refractivity contribution in [1.82, 2.24) is 14.9 Å². The van der Waals surface area contributed by atoms with Crippen molar-refractivity contribution in [3.05, 3.63) is 11.9 Å². The molecule has 0 spiro atoms. The fraction of sp³-hybridized carbons (Fsp3) is 0.750. The van der Waals surface area contributed by atoms with Crippen LogP contribution in [0.4, 0.5) is 11.6 Å². The highest BCUT2D eigenvalue weighted by Gasteiger charge is 2.38. The molecule has 2 rings (SSSR count). The predicted molar refractivity (Wildman–Crippen MR) is 88.9 cm³/mol. The Morgan fingerprint density at radius 1 is 1.14 bits per heavy atom. The maximum Gasteiger partial charge on any atom is 0.134 e. The van der Waals surface area contributed by atoms with Crippen molar-refractivity contribution >= 4 is 11.6 Å². The fourth-order valence-electron chi connectivity index (χ4n) is 2.91. The zero-order valence-corrected chi connectivity index (χ0v) is 13.9. The minimum atomic E-state index is 0.299. The first-order valence-corrected chi connectivity index (χ1v) is 8.12. The highest BCUT2D eigenvalue weighted by Crippen LogP contribution is 2.36. The summed E-state index contributed by atoms with van der Waals surface area (Å²) in [7, 11) is 4.35. The molecule has 0 atom stereocenters. The number of rotatable bonds is 8. The van der Waals surface area contributed by atoms with E-state index in [0.29, 0.717) is 5.54 Å². The molecule has 1 saturated carbocycles. The van der Waals surface area contributed by atoms with Crippen LogP contribution >= 0.6 is 0 Å². The molecule has 2 N–H and O–H groups in total. The van der Waals surface area contributed by atoms with Gasteiger partial charge in [0.2, 0.25) is 0 Å². The van der Waals surface area contributed by atoms with Crippen molar-refractivity contribution in [1.29, 1.82) is 0 Å². The Morgan fingerprint density at radius 3 is 2.29 bits per heavy atom. The maximum atomic E-state index is 4.46. The Labute approximate surface area is 128 Å². The largest absolute Gasteiger partial charge is 0.370 e. The number of nitrogens with one attached hydrogen (secondary N) is 2. The quantitative estimate of drug-likeness (QED) is 0.771. The summed E-state index contributed by atoms with van der Waals surface area (Å²) in [4.78, 5) is 11.2. The van der Waals surface area contributed by atoms with Crippen LogP contribution in [0.5, 0.6) is 0 Å². The van der Waals surface area contributed by atoms with Crippen LogP contribution in [0.2, 0.25) is 0 Å². The summed E-state index contributed by atoms with van der Waals surface area (Å²) in [6.07, 6.45) is 7.54. The molecule has 1 aromatic heterocycles. The van der Waals surface area contributed by atoms with Crippen molar-refractivity contribution in [2.45, 2.75) is 51.5 Å². The summed E-state index contributed by atoms with van der Waals surface area (Å²) in [6.45, 7) is 6.23. The Kier molecular flexibility index (Phi) is 5.39. The summed E-state index contributed by atoms with van der Waals surface area (Å²) < 4.78 is 0. The molecule has 0 bridgehead atoms. The predicted octanol–water partition coefficient (Wildman–Crippen LogP) is 2.76. The first kappa shape index (κ1) is 16.0. The van der Waals surface area contributed by atoms with Crippen LogP contribution in [0, 0.1) is 0 Å². The number of aromatic nitrogens is 2. The van der Waals surface area contributed by atoms with Crippen LogP contribution in [0.15, 0.2) is 6.33 Å². The number of likely N-dealkylation sites (N-methyl/N-ethyl adjacent to an activating group) is 1. The van der Waals surface area contributed by atoms with Crippen molar-refractivity contribution in [3.63, 3.8) is 0 Å². The molecule has 1 aliphatic carbocycles. The van der Waals surface area contributed by atoms with E-state index in [1.54, 1.807) is 6.33 Å². The molecule has 1 fully saturated rings. The Hall–Kier alpha value is -1.36. The fourth-order valence-corrected chi connectivity index (χ4v) is 2.91. The van der Waals surface area contributed by atoms with Gasteiger partial charge in [0.15, 0.2) is 0 Å². The lowest BCUT2D eigenvalue weighted by atomic mass is 9.75. The molecule has 1 aromatic rings. The zero-order valence-electron chi connectivity index (χ0n) is 13.9. The summed E-state index contributed by atoms with van der Waals surface area (Å²) in [5, 5.41) is 6.97. The molecule has 0 aliphatic heterocycles. The van der Waals surface area contributed by atoms with Gasteiger partial charge in [-0.15, -0.1) is 0 Å². The third kappa shape index (κ3) is 3.46. The van der Waals surface area contributed by atoms with E-state index in [9.17, 15) is 0 Å². The summed E-state index contributed by atoms with van der Waals surface area (Å²) in [6, 6.07) is 0. The van der Waals surface area contributed by atoms with Crippen LogP contribution in [0.25, 0.3) is 0 Å². The van der Waals surface area contributed by atoms with Crippen LogP contribution in [0.1, 0.15) is 45.1 Å². The molecule has 5 heteroatoms. The second kappa shape index (κ2) is 7.07. The Bertz CT molecular complexity index is 454. The molecule has 0 radical (unpaired) electrons. The monoisotopic (exact) mass is 291 g/mol. The minimum absolute atomic E-state index is 0.299. The van der Waals surface area contributed by atoms with Crippen molar-refractivity contribution in [2.75, 3.05) is 37.8 Å². The average molecular weight is 291 g/mol. The summed E-state index contributed by atoms with van der Waals surface area (Å²) in [5.41, 5.74) is 1.49. The molecule has 0 aromatic carbocycles. The van der Waals surface area contributed by atoms with E-state index in [4.69, 9.17) is 0 Å². The number of anilines is 2. The first-order chi connectivity index (χ1) is 10.1. The third-order valence-electron chi connectivity index (χ3n) is 4.66. The van der Waals surface area contributed by atoms with E-state index in [2.05, 4.69) is 53.4 Å². The van der Waals surface area contributed by atoms with E-state index in [-0.39, 0.29) is 0 Å². The molecule has 5 nitrogen and oxygen atoms in total. The third-order valence-corrected chi connectivity index (χ3v) is 4.66. The first-order valence-electron chi connectivity index (χ1n) is 8.12. The summed E-state index contributed by atoms with van der Waals surface area (Å²) in [5.74, 6) is 1.96. The number of nitrogens with zero attached hydrogens (tertiary/aromatic N) is 3. The summed E-state index contributed by atoms with van der Waals surface area (Å²) >= 11 is 0. The van der Waals surface area contributed by atoms with Crippen molar-refractivity contribution in [3.8, 4) is 0 Å². The van der Waals surface area contributed by atoms with Gasteiger partial charge in [-0.2, -0.15) is 0 Å². The molecule has 118 valence electrons. The second-order valence-corrected chi connectivity index (χ2v) is 6.16. The van der Waals surface area contributed by atoms with E-state index in [1.807, 2.05) is 0 Å². The van der Waals surface area contributed by atoms with Crippen molar-refractivity contribution in [2.24, 2.45) is 0 Å². The van der Waals surface area contributed by atoms with Crippen LogP contribution in [-0.2, 0) is 6.42 Å². The van der Waals surface area contributed by atoms with Gasteiger partial charge in [-0.05, 0) is 46.2 Å². The lowest BCUT2D eigenvalue weighted by molar-refractivity contribution is 0.0738. The standard InChI is InChI=1S/C16H29N5/c1-5-10-17-14-13(6-2)15(20-12-19-14)18-11-16(21(3)4)8-7-9-16/h12H,5-11H2,1-4H3,(H2,17,18,19,20). The molecule has 1 heterocycles. The second-order valence-electron chi connectivity index (χ2n) is 6.16. The van der Waals surface area contributed by atoms with Gasteiger partial charge < -0.3 is 15.5 Å². The number of hydrogen-bond donors (Lipinski definition) is 2. The molecule has 21 heavy (non-hydrogen) atoms. The molecule has 0 saturated heterocycles. The zero-order chi connectivity index (χ0) is 15.3. The highest BCUT2D eigenvalue weighted by atomic mass is 15.2. The van der Waals surface area contributed by atoms with Gasteiger partial charge in [-0.1, -0.05) is 13.8 Å². The molecular formula is C16H29N5. The van der Waals surface area contributed by atoms with Gasteiger partial charge in [0.1, 0.15) is 18.0 Å². The van der Waals surface area contributed by atoms with Crippen molar-refractivity contribution < 1.29 is 0 Å². The molecule has 0 unspecified atom stereocenters. The Balaban J connectivity index is 2.08. The van der Waals surface area contributed by atoms with Crippen LogP contribution in [-0.4, -0.2) is 47.6 Å². The van der Waals surface area contributed by atoms with E-state index in [1.165, 1.54) is 24.8 Å². The van der Waals surface area contributed by atoms with E-state index < -0.39 is 0 Å². The van der Waals surface area contributed by atoms with Gasteiger partial charge >= 0.3 is 0 Å². The topological polar surface area (TPSA) is 53.1 Å². The maximum absolute atomic E-state index is 4.46. The van der Waals surface area contributed by atoms with Crippen LogP contribution in [0.3, 0.4) is 0 Å². The lowest BCUT2D eigenvalue weighted by Crippen LogP contribution is -2.54. The number of hydrogen-bond acceptors (Lipinski definition) is 5. The van der Waals surface area contributed by atoms with Gasteiger partial charge in [-0.3, -0.25) is 0 Å². The minimum Gasteiger partial charge on any atom is -0.370 e. The van der Waals surface area contributed by atoms with E-state index in [0.717, 1.165) is 37.6 Å². The van der Waals surface area contributed by atoms with E-state index >= 15 is 0 Å².